The Balaban J connectivity index is 2.05. The molecule has 1 aliphatic rings. The van der Waals surface area contributed by atoms with E-state index in [1.807, 2.05) is 0 Å². The van der Waals surface area contributed by atoms with Gasteiger partial charge in [-0.1, -0.05) is 18.2 Å². The van der Waals surface area contributed by atoms with Crippen molar-refractivity contribution < 1.29 is 9.31 Å². The van der Waals surface area contributed by atoms with Crippen LogP contribution >= 0.6 is 0 Å². The molecule has 0 saturated carbocycles. The third-order valence-electron chi connectivity index (χ3n) is 4.48. The Hall–Kier alpha value is -1.26. The van der Waals surface area contributed by atoms with Crippen molar-refractivity contribution in [1.29, 1.82) is 0 Å². The summed E-state index contributed by atoms with van der Waals surface area (Å²) in [5, 5.41) is 1.22. The monoisotopic (exact) mass is 257 g/mol. The fourth-order valence-electron chi connectivity index (χ4n) is 2.50. The largest absolute Gasteiger partial charge is 0.512 e. The molecule has 0 N–H and O–H groups in total. The van der Waals surface area contributed by atoms with Crippen LogP contribution in [0.4, 0.5) is 0 Å². The van der Waals surface area contributed by atoms with Gasteiger partial charge < -0.3 is 13.9 Å². The molecule has 0 atom stereocenters. The highest BCUT2D eigenvalue weighted by Gasteiger charge is 2.52. The van der Waals surface area contributed by atoms with E-state index in [0.717, 1.165) is 5.59 Å². The molecule has 0 radical (unpaired) electrons. The van der Waals surface area contributed by atoms with Gasteiger partial charge in [-0.2, -0.15) is 0 Å². The van der Waals surface area contributed by atoms with Crippen molar-refractivity contribution in [3.8, 4) is 0 Å². The molecule has 4 heteroatoms. The van der Waals surface area contributed by atoms with Gasteiger partial charge in [0.2, 0.25) is 0 Å². The summed E-state index contributed by atoms with van der Waals surface area (Å²) in [6.45, 7) is 8.32. The zero-order chi connectivity index (χ0) is 13.8. The number of aromatic nitrogens is 1. The van der Waals surface area contributed by atoms with Gasteiger partial charge in [-0.25, -0.2) is 0 Å². The van der Waals surface area contributed by atoms with Crippen molar-refractivity contribution in [2.75, 3.05) is 0 Å². The van der Waals surface area contributed by atoms with Gasteiger partial charge in [0.05, 0.1) is 11.2 Å². The molecular formula is C15H20BNO2. The summed E-state index contributed by atoms with van der Waals surface area (Å²) in [4.78, 5) is 0. The van der Waals surface area contributed by atoms with E-state index in [1.54, 1.807) is 0 Å². The van der Waals surface area contributed by atoms with Crippen molar-refractivity contribution in [3.05, 3.63) is 30.3 Å². The maximum Gasteiger partial charge on any atom is 0.512 e. The van der Waals surface area contributed by atoms with Crippen LogP contribution in [0, 0.1) is 0 Å². The molecule has 0 bridgehead atoms. The van der Waals surface area contributed by atoms with Crippen molar-refractivity contribution in [1.82, 2.24) is 4.57 Å². The summed E-state index contributed by atoms with van der Waals surface area (Å²) in [5.74, 6) is 0. The Morgan fingerprint density at radius 2 is 1.58 bits per heavy atom. The maximum atomic E-state index is 6.12. The van der Waals surface area contributed by atoms with Crippen LogP contribution in [0.1, 0.15) is 27.7 Å². The average molecular weight is 257 g/mol. The van der Waals surface area contributed by atoms with Crippen LogP contribution < -0.4 is 5.59 Å². The molecule has 1 aromatic heterocycles. The highest BCUT2D eigenvalue weighted by atomic mass is 16.7. The molecule has 0 amide bonds. The summed E-state index contributed by atoms with van der Waals surface area (Å²) < 4.78 is 14.4. The van der Waals surface area contributed by atoms with Crippen LogP contribution in [0.15, 0.2) is 30.3 Å². The average Bonchev–Trinajstić information content (AvgIpc) is 2.76. The Kier molecular flexibility index (Phi) is 2.60. The third-order valence-corrected chi connectivity index (χ3v) is 4.48. The van der Waals surface area contributed by atoms with E-state index >= 15 is 0 Å². The van der Waals surface area contributed by atoms with E-state index in [4.69, 9.17) is 9.31 Å². The Labute approximate surface area is 114 Å². The highest BCUT2D eigenvalue weighted by Crippen LogP contribution is 2.36. The lowest BCUT2D eigenvalue weighted by Crippen LogP contribution is -2.41. The molecule has 3 rings (SSSR count). The summed E-state index contributed by atoms with van der Waals surface area (Å²) in [6, 6.07) is 10.5. The number of aryl methyl sites for hydroxylation is 1. The predicted octanol–water partition coefficient (Wildman–Crippen LogP) is 2.48. The SMILES string of the molecule is Cn1c(B2OC(C)(C)C(C)(C)O2)cc2ccccc21. The van der Waals surface area contributed by atoms with E-state index < -0.39 is 0 Å². The van der Waals surface area contributed by atoms with Crippen LogP contribution in [0.3, 0.4) is 0 Å². The number of benzene rings is 1. The second-order valence-electron chi connectivity index (χ2n) is 6.28. The lowest BCUT2D eigenvalue weighted by atomic mass is 9.84. The van der Waals surface area contributed by atoms with E-state index in [2.05, 4.69) is 69.6 Å². The fourth-order valence-corrected chi connectivity index (χ4v) is 2.50. The number of nitrogens with zero attached hydrogens (tertiary/aromatic N) is 1. The summed E-state index contributed by atoms with van der Waals surface area (Å²) in [5.41, 5.74) is 1.68. The van der Waals surface area contributed by atoms with Crippen LogP contribution in [0.5, 0.6) is 0 Å². The molecule has 1 aliphatic heterocycles. The van der Waals surface area contributed by atoms with Gasteiger partial charge in [-0.15, -0.1) is 0 Å². The van der Waals surface area contributed by atoms with Gasteiger partial charge in [0.1, 0.15) is 0 Å². The van der Waals surface area contributed by atoms with Crippen molar-refractivity contribution in [2.24, 2.45) is 7.05 Å². The molecule has 2 aromatic rings. The summed E-state index contributed by atoms with van der Waals surface area (Å²) >= 11 is 0. The minimum atomic E-state index is -0.303. The molecule has 0 aliphatic carbocycles. The first-order valence-electron chi connectivity index (χ1n) is 6.72. The van der Waals surface area contributed by atoms with Gasteiger partial charge in [-0.3, -0.25) is 0 Å². The standard InChI is InChI=1S/C15H20BNO2/c1-14(2)15(3,4)19-16(18-14)13-10-11-8-6-7-9-12(11)17(13)5/h6-10H,1-5H3. The van der Waals surface area contributed by atoms with Gasteiger partial charge in [-0.05, 0) is 45.2 Å². The Morgan fingerprint density at radius 1 is 1.00 bits per heavy atom. The summed E-state index contributed by atoms with van der Waals surface area (Å²) in [7, 11) is 1.75. The second-order valence-corrected chi connectivity index (χ2v) is 6.28. The zero-order valence-electron chi connectivity index (χ0n) is 12.2. The zero-order valence-corrected chi connectivity index (χ0v) is 12.2. The molecule has 3 nitrogen and oxygen atoms in total. The molecule has 1 aromatic carbocycles. The van der Waals surface area contributed by atoms with E-state index in [0.29, 0.717) is 0 Å². The topological polar surface area (TPSA) is 23.4 Å². The van der Waals surface area contributed by atoms with Crippen molar-refractivity contribution >= 4 is 23.6 Å². The number of rotatable bonds is 1. The van der Waals surface area contributed by atoms with Gasteiger partial charge in [0.15, 0.2) is 0 Å². The Morgan fingerprint density at radius 3 is 2.16 bits per heavy atom. The second kappa shape index (κ2) is 3.87. The molecule has 0 spiro atoms. The van der Waals surface area contributed by atoms with Crippen LogP contribution in [0.2, 0.25) is 0 Å². The molecule has 0 unspecified atom stereocenters. The van der Waals surface area contributed by atoms with Gasteiger partial charge >= 0.3 is 7.12 Å². The van der Waals surface area contributed by atoms with E-state index in [-0.39, 0.29) is 18.3 Å². The molecule has 2 heterocycles. The number of hydrogen-bond acceptors (Lipinski definition) is 2. The minimum Gasteiger partial charge on any atom is -0.398 e. The normalized spacial score (nSPS) is 21.2. The lowest BCUT2D eigenvalue weighted by molar-refractivity contribution is 0.00578. The number of hydrogen-bond donors (Lipinski definition) is 0. The maximum absolute atomic E-state index is 6.12. The van der Waals surface area contributed by atoms with Crippen LogP contribution in [-0.4, -0.2) is 22.9 Å². The highest BCUT2D eigenvalue weighted by molar-refractivity contribution is 6.61. The Bertz CT molecular complexity index is 614. The van der Waals surface area contributed by atoms with Crippen molar-refractivity contribution in [3.63, 3.8) is 0 Å². The van der Waals surface area contributed by atoms with Crippen LogP contribution in [0.25, 0.3) is 10.9 Å². The fraction of sp³-hybridized carbons (Fsp3) is 0.467. The molecule has 100 valence electrons. The first-order valence-corrected chi connectivity index (χ1v) is 6.72. The third kappa shape index (κ3) is 1.82. The molecule has 1 fully saturated rings. The van der Waals surface area contributed by atoms with Gasteiger partial charge in [0.25, 0.3) is 0 Å². The first kappa shape index (κ1) is 12.8. The van der Waals surface area contributed by atoms with Crippen molar-refractivity contribution in [2.45, 2.75) is 38.9 Å². The quantitative estimate of drug-likeness (QED) is 0.733. The first-order chi connectivity index (χ1) is 8.82. The smallest absolute Gasteiger partial charge is 0.398 e. The van der Waals surface area contributed by atoms with Crippen LogP contribution in [-0.2, 0) is 16.4 Å². The van der Waals surface area contributed by atoms with Gasteiger partial charge in [0, 0.05) is 18.2 Å². The summed E-state index contributed by atoms with van der Waals surface area (Å²) in [6.07, 6.45) is 0. The predicted molar refractivity (Wildman–Crippen MR) is 78.6 cm³/mol. The number of fused-ring (bicyclic) bond motifs is 1. The van der Waals surface area contributed by atoms with E-state index in [1.165, 1.54) is 10.9 Å². The molecular weight excluding hydrogens is 237 g/mol. The molecule has 19 heavy (non-hydrogen) atoms. The lowest BCUT2D eigenvalue weighted by Gasteiger charge is -2.32. The molecule has 1 saturated heterocycles. The minimum absolute atomic E-state index is 0.297. The number of para-hydroxylation sites is 1. The van der Waals surface area contributed by atoms with E-state index in [9.17, 15) is 0 Å².